The van der Waals surface area contributed by atoms with Gasteiger partial charge in [0.05, 0.1) is 0 Å². The van der Waals surface area contributed by atoms with Gasteiger partial charge in [0, 0.05) is 20.4 Å². The standard InChI is InChI=1S/4C2H6.4CH4.H3N.Pd/c4*1-2;;;;;;/h4*1-2H3;4*1H4;1H3;. The third kappa shape index (κ3) is 4400. The molecule has 0 aromatic carbocycles. The molecule has 0 aromatic rings. The van der Waals surface area contributed by atoms with Crippen LogP contribution in [-0.4, -0.2) is 0 Å². The zero-order chi connectivity index (χ0) is 8.00. The van der Waals surface area contributed by atoms with E-state index >= 15 is 0 Å². The molecule has 0 rings (SSSR count). The summed E-state index contributed by atoms with van der Waals surface area (Å²) in [4.78, 5) is 0. The number of rotatable bonds is 0. The number of hydrogen-bond donors (Lipinski definition) is 1. The van der Waals surface area contributed by atoms with Gasteiger partial charge in [0.25, 0.3) is 0 Å². The molecule has 0 amide bonds. The van der Waals surface area contributed by atoms with Crippen LogP contribution in [-0.2, 0) is 20.4 Å². The summed E-state index contributed by atoms with van der Waals surface area (Å²) in [5.74, 6) is 0. The van der Waals surface area contributed by atoms with E-state index in [0.29, 0.717) is 0 Å². The van der Waals surface area contributed by atoms with Crippen LogP contribution in [0, 0.1) is 0 Å². The molecule has 0 heterocycles. The summed E-state index contributed by atoms with van der Waals surface area (Å²) in [6, 6.07) is 0. The molecule has 2 heteroatoms. The van der Waals surface area contributed by atoms with E-state index in [1.807, 2.05) is 55.4 Å². The summed E-state index contributed by atoms with van der Waals surface area (Å²) in [6.07, 6.45) is 0. The minimum atomic E-state index is 0. The first-order chi connectivity index (χ1) is 4.00. The maximum Gasteiger partial charge on any atom is 0 e. The second-order valence-corrected chi connectivity index (χ2v) is 0. The van der Waals surface area contributed by atoms with Crippen LogP contribution < -0.4 is 6.15 Å². The first-order valence-electron chi connectivity index (χ1n) is 4.00. The molecule has 0 saturated heterocycles. The predicted octanol–water partition coefficient (Wildman–Crippen LogP) is 6.81. The Morgan fingerprint density at radius 1 is 0.357 bits per heavy atom. The Hall–Kier alpha value is 0.622. The van der Waals surface area contributed by atoms with Crippen molar-refractivity contribution in [2.24, 2.45) is 0 Å². The summed E-state index contributed by atoms with van der Waals surface area (Å²) in [6.45, 7) is 16.0. The van der Waals surface area contributed by atoms with Gasteiger partial charge in [0.2, 0.25) is 0 Å². The summed E-state index contributed by atoms with van der Waals surface area (Å²) >= 11 is 0. The normalized spacial score (nSPS) is 1.71. The van der Waals surface area contributed by atoms with Crippen molar-refractivity contribution in [1.29, 1.82) is 0 Å². The van der Waals surface area contributed by atoms with E-state index in [1.54, 1.807) is 0 Å². The van der Waals surface area contributed by atoms with Crippen molar-refractivity contribution in [3.63, 3.8) is 0 Å². The average Bonchev–Trinajstić information content (AvgIpc) is 2.03. The number of hydrogen-bond acceptors (Lipinski definition) is 1. The molecule has 0 atom stereocenters. The van der Waals surface area contributed by atoms with E-state index in [-0.39, 0.29) is 56.3 Å². The van der Waals surface area contributed by atoms with Gasteiger partial charge in [0.15, 0.2) is 0 Å². The van der Waals surface area contributed by atoms with Crippen LogP contribution >= 0.6 is 0 Å². The molecule has 14 heavy (non-hydrogen) atoms. The molecule has 0 aliphatic carbocycles. The van der Waals surface area contributed by atoms with E-state index in [1.165, 1.54) is 0 Å². The maximum atomic E-state index is 2.00. The van der Waals surface area contributed by atoms with Crippen molar-refractivity contribution in [3.05, 3.63) is 0 Å². The van der Waals surface area contributed by atoms with Crippen molar-refractivity contribution < 1.29 is 20.4 Å². The zero-order valence-corrected chi connectivity index (χ0v) is 10.6. The van der Waals surface area contributed by atoms with Crippen LogP contribution in [0.4, 0.5) is 0 Å². The van der Waals surface area contributed by atoms with E-state index in [4.69, 9.17) is 0 Å². The van der Waals surface area contributed by atoms with Gasteiger partial charge in [-0.2, -0.15) is 0 Å². The van der Waals surface area contributed by atoms with E-state index in [9.17, 15) is 0 Å². The SMILES string of the molecule is C.C.C.C.CC.CC.CC.CC.N.[Pd]. The molecule has 0 aliphatic heterocycles. The molecule has 1 nitrogen and oxygen atoms in total. The summed E-state index contributed by atoms with van der Waals surface area (Å²) < 4.78 is 0. The Balaban J connectivity index is -0.00000000167. The molecule has 0 aromatic heterocycles. The van der Waals surface area contributed by atoms with Crippen LogP contribution in [0.25, 0.3) is 0 Å². The van der Waals surface area contributed by atoms with Crippen LogP contribution in [0.3, 0.4) is 0 Å². The van der Waals surface area contributed by atoms with E-state index in [0.717, 1.165) is 0 Å². The Bertz CT molecular complexity index is 10.3. The van der Waals surface area contributed by atoms with Crippen molar-refractivity contribution >= 4 is 0 Å². The first kappa shape index (κ1) is 127. The molecule has 0 fully saturated rings. The van der Waals surface area contributed by atoms with E-state index < -0.39 is 0 Å². The molecule has 106 valence electrons. The van der Waals surface area contributed by atoms with Gasteiger partial charge < -0.3 is 6.15 Å². The first-order valence-corrected chi connectivity index (χ1v) is 4.00. The summed E-state index contributed by atoms with van der Waals surface area (Å²) in [5, 5.41) is 0. The molecule has 0 saturated carbocycles. The molecule has 0 aliphatic rings. The quantitative estimate of drug-likeness (QED) is 0.490. The minimum Gasteiger partial charge on any atom is -0.344 e. The van der Waals surface area contributed by atoms with Crippen LogP contribution in [0.2, 0.25) is 0 Å². The molecular formula is C12H43NPd. The topological polar surface area (TPSA) is 35.0 Å². The van der Waals surface area contributed by atoms with E-state index in [2.05, 4.69) is 0 Å². The molecule has 3 N–H and O–H groups in total. The maximum absolute atomic E-state index is 2.00. The van der Waals surface area contributed by atoms with Crippen molar-refractivity contribution in [2.75, 3.05) is 0 Å². The van der Waals surface area contributed by atoms with Gasteiger partial charge in [-0.1, -0.05) is 85.1 Å². The van der Waals surface area contributed by atoms with Crippen LogP contribution in [0.5, 0.6) is 0 Å². The Labute approximate surface area is 112 Å². The third-order valence-corrected chi connectivity index (χ3v) is 0. The smallest absolute Gasteiger partial charge is 0 e. The summed E-state index contributed by atoms with van der Waals surface area (Å²) in [7, 11) is 0. The van der Waals surface area contributed by atoms with Crippen LogP contribution in [0.15, 0.2) is 0 Å². The minimum absolute atomic E-state index is 0. The molecule has 0 radical (unpaired) electrons. The van der Waals surface area contributed by atoms with Crippen LogP contribution in [0.1, 0.15) is 85.1 Å². The van der Waals surface area contributed by atoms with Crippen molar-refractivity contribution in [3.8, 4) is 0 Å². The second kappa shape index (κ2) is 5600. The predicted molar refractivity (Wildman–Crippen MR) is 77.3 cm³/mol. The molecule has 0 spiro atoms. The van der Waals surface area contributed by atoms with Gasteiger partial charge in [-0.15, -0.1) is 0 Å². The van der Waals surface area contributed by atoms with Gasteiger partial charge in [-0.3, -0.25) is 0 Å². The van der Waals surface area contributed by atoms with Gasteiger partial charge >= 0.3 is 0 Å². The second-order valence-electron chi connectivity index (χ2n) is 0. The molecule has 0 unspecified atom stereocenters. The Morgan fingerprint density at radius 3 is 0.357 bits per heavy atom. The van der Waals surface area contributed by atoms with Crippen molar-refractivity contribution in [2.45, 2.75) is 85.1 Å². The summed E-state index contributed by atoms with van der Waals surface area (Å²) in [5.41, 5.74) is 0. The molecular weight excluding hydrogens is 265 g/mol. The van der Waals surface area contributed by atoms with Gasteiger partial charge in [-0.05, 0) is 0 Å². The Morgan fingerprint density at radius 2 is 0.357 bits per heavy atom. The monoisotopic (exact) mass is 307 g/mol. The molecule has 0 bridgehead atoms. The Kier molecular flexibility index (Phi) is 50800. The van der Waals surface area contributed by atoms with Gasteiger partial charge in [0.1, 0.15) is 0 Å². The fourth-order valence-electron chi connectivity index (χ4n) is 0. The fourth-order valence-corrected chi connectivity index (χ4v) is 0. The largest absolute Gasteiger partial charge is 0.344 e. The zero-order valence-electron chi connectivity index (χ0n) is 9.02. The van der Waals surface area contributed by atoms with Gasteiger partial charge in [-0.25, -0.2) is 0 Å². The fraction of sp³-hybridized carbons (Fsp3) is 1.00. The third-order valence-electron chi connectivity index (χ3n) is 0. The van der Waals surface area contributed by atoms with Crippen molar-refractivity contribution in [1.82, 2.24) is 6.15 Å². The average molecular weight is 308 g/mol.